The van der Waals surface area contributed by atoms with Crippen molar-refractivity contribution in [2.24, 2.45) is 5.73 Å². The van der Waals surface area contributed by atoms with Crippen molar-refractivity contribution < 1.29 is 8.42 Å². The number of piperidine rings is 1. The van der Waals surface area contributed by atoms with Crippen LogP contribution in [0.25, 0.3) is 0 Å². The quantitative estimate of drug-likeness (QED) is 0.789. The molecule has 1 heterocycles. The molecule has 0 bridgehead atoms. The molecule has 0 aromatic carbocycles. The van der Waals surface area contributed by atoms with Gasteiger partial charge in [-0.2, -0.15) is 0 Å². The van der Waals surface area contributed by atoms with Crippen LogP contribution in [0.1, 0.15) is 12.8 Å². The van der Waals surface area contributed by atoms with E-state index < -0.39 is 14.6 Å². The topological polar surface area (TPSA) is 63.4 Å². The Morgan fingerprint density at radius 3 is 1.93 bits per heavy atom. The van der Waals surface area contributed by atoms with Crippen LogP contribution in [0.2, 0.25) is 0 Å². The van der Waals surface area contributed by atoms with E-state index in [0.29, 0.717) is 12.8 Å². The fourth-order valence-electron chi connectivity index (χ4n) is 1.75. The van der Waals surface area contributed by atoms with Crippen molar-refractivity contribution in [1.82, 2.24) is 4.90 Å². The molecule has 4 nitrogen and oxygen atoms in total. The molecule has 0 aromatic heterocycles. The van der Waals surface area contributed by atoms with Gasteiger partial charge in [-0.1, -0.05) is 0 Å². The van der Waals surface area contributed by atoms with Gasteiger partial charge < -0.3 is 10.6 Å². The molecule has 0 spiro atoms. The van der Waals surface area contributed by atoms with Crippen molar-refractivity contribution in [3.63, 3.8) is 0 Å². The molecule has 0 amide bonds. The Kier molecular flexibility index (Phi) is 7.43. The molecule has 2 N–H and O–H groups in total. The Morgan fingerprint density at radius 1 is 1.27 bits per heavy atom. The van der Waals surface area contributed by atoms with Crippen LogP contribution in [0.4, 0.5) is 0 Å². The van der Waals surface area contributed by atoms with E-state index in [4.69, 9.17) is 5.73 Å². The third-order valence-electron chi connectivity index (χ3n) is 3.06. The summed E-state index contributed by atoms with van der Waals surface area (Å²) in [6.45, 7) is 1.90. The molecule has 0 atom stereocenters. The third-order valence-corrected chi connectivity index (χ3v) is 5.20. The Morgan fingerprint density at radius 2 is 1.67 bits per heavy atom. The van der Waals surface area contributed by atoms with Crippen LogP contribution in [0.5, 0.6) is 0 Å². The lowest BCUT2D eigenvalue weighted by atomic mass is 9.96. The highest BCUT2D eigenvalue weighted by Gasteiger charge is 2.41. The molecule has 1 rings (SSSR count). The minimum absolute atomic E-state index is 0. The molecule has 94 valence electrons. The maximum atomic E-state index is 11.5. The van der Waals surface area contributed by atoms with Gasteiger partial charge in [0, 0.05) is 12.8 Å². The van der Waals surface area contributed by atoms with Gasteiger partial charge in [0.05, 0.1) is 4.75 Å². The van der Waals surface area contributed by atoms with Crippen LogP contribution in [0.3, 0.4) is 0 Å². The van der Waals surface area contributed by atoms with E-state index in [1.165, 1.54) is 6.26 Å². The molecular weight excluding hydrogens is 259 g/mol. The molecule has 7 heteroatoms. The van der Waals surface area contributed by atoms with Crippen LogP contribution in [-0.2, 0) is 9.84 Å². The largest absolute Gasteiger partial charge is 0.329 e. The first-order valence-corrected chi connectivity index (χ1v) is 6.39. The van der Waals surface area contributed by atoms with E-state index in [1.54, 1.807) is 0 Å². The van der Waals surface area contributed by atoms with Crippen molar-refractivity contribution in [2.75, 3.05) is 32.9 Å². The second-order valence-corrected chi connectivity index (χ2v) is 6.37. The number of nitrogens with zero attached hydrogens (tertiary/aromatic N) is 1. The average Bonchev–Trinajstić information content (AvgIpc) is 2.04. The smallest absolute Gasteiger partial charge is 0.154 e. The van der Waals surface area contributed by atoms with Gasteiger partial charge >= 0.3 is 0 Å². The molecule has 0 radical (unpaired) electrons. The van der Waals surface area contributed by atoms with Crippen molar-refractivity contribution >= 4 is 34.7 Å². The molecule has 0 unspecified atom stereocenters. The van der Waals surface area contributed by atoms with Gasteiger partial charge in [0.15, 0.2) is 9.84 Å². The monoisotopic (exact) mass is 278 g/mol. The summed E-state index contributed by atoms with van der Waals surface area (Å²) in [4.78, 5) is 2.14. The van der Waals surface area contributed by atoms with E-state index in [-0.39, 0.29) is 31.4 Å². The summed E-state index contributed by atoms with van der Waals surface area (Å²) in [5, 5.41) is 0. The third kappa shape index (κ3) is 3.75. The molecule has 0 aliphatic carbocycles. The Balaban J connectivity index is 0. The summed E-state index contributed by atoms with van der Waals surface area (Å²) in [5.41, 5.74) is 5.57. The summed E-state index contributed by atoms with van der Waals surface area (Å²) in [7, 11) is -1.01. The molecule has 15 heavy (non-hydrogen) atoms. The van der Waals surface area contributed by atoms with Gasteiger partial charge in [-0.15, -0.1) is 24.8 Å². The van der Waals surface area contributed by atoms with Crippen LogP contribution in [0.15, 0.2) is 0 Å². The Labute approximate surface area is 104 Å². The molecule has 1 fully saturated rings. The van der Waals surface area contributed by atoms with Crippen LogP contribution in [-0.4, -0.2) is 51.0 Å². The van der Waals surface area contributed by atoms with Gasteiger partial charge in [0.1, 0.15) is 0 Å². The number of halogens is 2. The van der Waals surface area contributed by atoms with Crippen molar-refractivity contribution in [2.45, 2.75) is 17.6 Å². The fourth-order valence-corrected chi connectivity index (χ4v) is 2.98. The Hall–Kier alpha value is 0.450. The Bertz CT molecular complexity index is 274. The highest BCUT2D eigenvalue weighted by molar-refractivity contribution is 7.92. The first-order valence-electron chi connectivity index (χ1n) is 4.49. The molecular formula is C8H20Cl2N2O2S. The number of nitrogens with two attached hydrogens (primary N) is 1. The zero-order valence-corrected chi connectivity index (χ0v) is 11.6. The van der Waals surface area contributed by atoms with Gasteiger partial charge in [-0.3, -0.25) is 0 Å². The van der Waals surface area contributed by atoms with Crippen molar-refractivity contribution in [1.29, 1.82) is 0 Å². The zero-order valence-electron chi connectivity index (χ0n) is 9.10. The maximum absolute atomic E-state index is 11.5. The van der Waals surface area contributed by atoms with E-state index in [9.17, 15) is 8.42 Å². The molecule has 0 saturated carbocycles. The van der Waals surface area contributed by atoms with Crippen molar-refractivity contribution in [3.05, 3.63) is 0 Å². The average molecular weight is 279 g/mol. The predicted molar refractivity (Wildman–Crippen MR) is 67.9 cm³/mol. The second kappa shape index (κ2) is 6.25. The highest BCUT2D eigenvalue weighted by Crippen LogP contribution is 2.28. The SMILES string of the molecule is CN1CCC(CN)(S(C)(=O)=O)CC1.Cl.Cl. The normalized spacial score (nSPS) is 21.3. The highest BCUT2D eigenvalue weighted by atomic mass is 35.5. The number of likely N-dealkylation sites (tertiary alicyclic amines) is 1. The minimum Gasteiger partial charge on any atom is -0.329 e. The van der Waals surface area contributed by atoms with E-state index in [2.05, 4.69) is 4.90 Å². The van der Waals surface area contributed by atoms with Gasteiger partial charge in [0.25, 0.3) is 0 Å². The molecule has 1 aliphatic heterocycles. The van der Waals surface area contributed by atoms with E-state index >= 15 is 0 Å². The van der Waals surface area contributed by atoms with Crippen molar-refractivity contribution in [3.8, 4) is 0 Å². The standard InChI is InChI=1S/C8H18N2O2S.2ClH/c1-10-5-3-8(7-9,4-6-10)13(2,11)12;;/h3-7,9H2,1-2H3;2*1H. The number of rotatable bonds is 2. The first-order chi connectivity index (χ1) is 5.91. The summed E-state index contributed by atoms with van der Waals surface area (Å²) >= 11 is 0. The molecule has 1 aliphatic rings. The second-order valence-electron chi connectivity index (χ2n) is 3.96. The number of hydrogen-bond acceptors (Lipinski definition) is 4. The van der Waals surface area contributed by atoms with Gasteiger partial charge in [0.2, 0.25) is 0 Å². The van der Waals surface area contributed by atoms with Crippen LogP contribution in [0, 0.1) is 0 Å². The lowest BCUT2D eigenvalue weighted by Gasteiger charge is -2.38. The summed E-state index contributed by atoms with van der Waals surface area (Å²) in [6, 6.07) is 0. The van der Waals surface area contributed by atoms with Crippen LogP contribution >= 0.6 is 24.8 Å². The molecule has 0 aromatic rings. The van der Waals surface area contributed by atoms with Gasteiger partial charge in [-0.25, -0.2) is 8.42 Å². The summed E-state index contributed by atoms with van der Waals surface area (Å²) in [5.74, 6) is 0. The summed E-state index contributed by atoms with van der Waals surface area (Å²) < 4.78 is 22.4. The van der Waals surface area contributed by atoms with E-state index in [1.807, 2.05) is 7.05 Å². The summed E-state index contributed by atoms with van der Waals surface area (Å²) in [6.07, 6.45) is 2.63. The minimum atomic E-state index is -3.01. The lowest BCUT2D eigenvalue weighted by Crippen LogP contribution is -2.52. The predicted octanol–water partition coefficient (Wildman–Crippen LogP) is 0.298. The van der Waals surface area contributed by atoms with Crippen LogP contribution < -0.4 is 5.73 Å². The first kappa shape index (κ1) is 17.8. The number of sulfone groups is 1. The molecule has 1 saturated heterocycles. The number of hydrogen-bond donors (Lipinski definition) is 1. The maximum Gasteiger partial charge on any atom is 0.154 e. The van der Waals surface area contributed by atoms with Gasteiger partial charge in [-0.05, 0) is 33.0 Å². The lowest BCUT2D eigenvalue weighted by molar-refractivity contribution is 0.235. The van der Waals surface area contributed by atoms with E-state index in [0.717, 1.165) is 13.1 Å². The fraction of sp³-hybridized carbons (Fsp3) is 1.00. The zero-order chi connectivity index (χ0) is 10.1.